The van der Waals surface area contributed by atoms with Gasteiger partial charge < -0.3 is 4.90 Å². The van der Waals surface area contributed by atoms with Crippen molar-refractivity contribution in [2.24, 2.45) is 0 Å². The van der Waals surface area contributed by atoms with Gasteiger partial charge in [-0.05, 0) is 13.8 Å². The Morgan fingerprint density at radius 3 is 2.31 bits per heavy atom. The number of likely N-dealkylation sites (N-methyl/N-ethyl adjacent to an activating group) is 1. The zero-order valence-electron chi connectivity index (χ0n) is 9.62. The molecule has 0 aromatic carbocycles. The lowest BCUT2D eigenvalue weighted by molar-refractivity contribution is -0.131. The second kappa shape index (κ2) is 4.53. The molecular weight excluding hydrogens is 276 g/mol. The Hall–Kier alpha value is -0.910. The first-order valence-corrected chi connectivity index (χ1v) is 6.12. The van der Waals surface area contributed by atoms with Crippen LogP contribution in [0.4, 0.5) is 4.79 Å². The minimum atomic E-state index is -0.811. The molecule has 0 unspecified atom stereocenters. The van der Waals surface area contributed by atoms with Crippen LogP contribution in [0.15, 0.2) is 0 Å². The molecule has 16 heavy (non-hydrogen) atoms. The Balaban J connectivity index is 2.72. The minimum Gasteiger partial charge on any atom is -0.313 e. The van der Waals surface area contributed by atoms with E-state index in [9.17, 15) is 14.4 Å². The number of amides is 3. The van der Waals surface area contributed by atoms with Gasteiger partial charge in [0, 0.05) is 20.0 Å². The monoisotopic (exact) mass is 290 g/mol. The van der Waals surface area contributed by atoms with Crippen LogP contribution in [0.25, 0.3) is 0 Å². The topological polar surface area (TPSA) is 57.7 Å². The smallest absolute Gasteiger partial charge is 0.313 e. The molecule has 0 atom stereocenters. The van der Waals surface area contributed by atoms with Gasteiger partial charge in [0.1, 0.15) is 11.3 Å². The molecule has 1 saturated heterocycles. The van der Waals surface area contributed by atoms with E-state index in [-0.39, 0.29) is 36.0 Å². The Morgan fingerprint density at radius 1 is 1.38 bits per heavy atom. The quantitative estimate of drug-likeness (QED) is 0.574. The van der Waals surface area contributed by atoms with Crippen molar-refractivity contribution in [2.75, 3.05) is 18.9 Å². The largest absolute Gasteiger partial charge is 0.327 e. The van der Waals surface area contributed by atoms with Gasteiger partial charge in [0.25, 0.3) is 5.91 Å². The summed E-state index contributed by atoms with van der Waals surface area (Å²) in [5, 5.41) is 0.252. The lowest BCUT2D eigenvalue weighted by atomic mass is 10.1. The summed E-state index contributed by atoms with van der Waals surface area (Å²) in [6, 6.07) is -0.336. The summed E-state index contributed by atoms with van der Waals surface area (Å²) in [5.74, 6) is -0.268. The Kier molecular flexibility index (Phi) is 3.72. The number of alkyl halides is 1. The molecule has 0 spiro atoms. The summed E-state index contributed by atoms with van der Waals surface area (Å²) in [6.07, 6.45) is 0.201. The maximum absolute atomic E-state index is 11.9. The summed E-state index contributed by atoms with van der Waals surface area (Å²) in [4.78, 5) is 37.3. The summed E-state index contributed by atoms with van der Waals surface area (Å²) < 4.78 is 0. The Bertz CT molecular complexity index is 341. The number of carbonyl (C=O) groups is 3. The maximum Gasteiger partial charge on any atom is 0.327 e. The molecule has 0 saturated carbocycles. The van der Waals surface area contributed by atoms with E-state index in [4.69, 9.17) is 0 Å². The number of Topliss-reactive ketones (excluding diaryl/α,β-unsaturated/α-hetero) is 1. The van der Waals surface area contributed by atoms with E-state index in [1.807, 2.05) is 0 Å². The highest BCUT2D eigenvalue weighted by molar-refractivity contribution is 9.09. The Labute approximate surface area is 103 Å². The fourth-order valence-electron chi connectivity index (χ4n) is 1.48. The lowest BCUT2D eigenvalue weighted by Gasteiger charge is -2.22. The molecule has 0 radical (unpaired) electrons. The molecule has 5 nitrogen and oxygen atoms in total. The van der Waals surface area contributed by atoms with Crippen LogP contribution in [-0.2, 0) is 9.59 Å². The van der Waals surface area contributed by atoms with E-state index in [2.05, 4.69) is 15.9 Å². The average Bonchev–Trinajstić information content (AvgIpc) is 2.39. The third-order valence-corrected chi connectivity index (χ3v) is 3.51. The summed E-state index contributed by atoms with van der Waals surface area (Å²) >= 11 is 3.04. The van der Waals surface area contributed by atoms with Gasteiger partial charge in [0.15, 0.2) is 0 Å². The summed E-state index contributed by atoms with van der Waals surface area (Å²) in [6.45, 7) is 3.55. The van der Waals surface area contributed by atoms with Crippen molar-refractivity contribution in [1.82, 2.24) is 9.80 Å². The van der Waals surface area contributed by atoms with E-state index in [0.717, 1.165) is 4.90 Å². The van der Waals surface area contributed by atoms with Crippen molar-refractivity contribution < 1.29 is 14.4 Å². The molecule has 6 heteroatoms. The third-order valence-electron chi connectivity index (χ3n) is 2.89. The third kappa shape index (κ3) is 2.11. The van der Waals surface area contributed by atoms with E-state index in [1.165, 1.54) is 4.90 Å². The number of halogens is 1. The number of rotatable bonds is 4. The molecule has 1 fully saturated rings. The van der Waals surface area contributed by atoms with Gasteiger partial charge in [-0.2, -0.15) is 0 Å². The first-order chi connectivity index (χ1) is 7.32. The Morgan fingerprint density at radius 2 is 1.94 bits per heavy atom. The molecule has 0 bridgehead atoms. The number of urea groups is 1. The van der Waals surface area contributed by atoms with E-state index in [1.54, 1.807) is 20.9 Å². The second-order valence-electron chi connectivity index (χ2n) is 4.28. The molecule has 0 aromatic rings. The van der Waals surface area contributed by atoms with Crippen LogP contribution >= 0.6 is 15.9 Å². The zero-order chi connectivity index (χ0) is 12.5. The molecule has 1 heterocycles. The highest BCUT2D eigenvalue weighted by Crippen LogP contribution is 2.25. The minimum absolute atomic E-state index is 0.0204. The summed E-state index contributed by atoms with van der Waals surface area (Å²) in [5.41, 5.74) is -0.811. The van der Waals surface area contributed by atoms with Crippen molar-refractivity contribution in [3.05, 3.63) is 0 Å². The summed E-state index contributed by atoms with van der Waals surface area (Å²) in [7, 11) is 1.59. The normalized spacial score (nSPS) is 19.5. The van der Waals surface area contributed by atoms with Gasteiger partial charge in [-0.3, -0.25) is 14.5 Å². The predicted octanol–water partition coefficient (Wildman–Crippen LogP) is 1.01. The van der Waals surface area contributed by atoms with Crippen molar-refractivity contribution in [1.29, 1.82) is 0 Å². The lowest BCUT2D eigenvalue weighted by Crippen LogP contribution is -2.41. The van der Waals surface area contributed by atoms with E-state index < -0.39 is 5.54 Å². The molecule has 0 aliphatic carbocycles. The number of nitrogens with zero attached hydrogens (tertiary/aromatic N) is 2. The van der Waals surface area contributed by atoms with Crippen molar-refractivity contribution >= 4 is 33.7 Å². The van der Waals surface area contributed by atoms with Crippen molar-refractivity contribution in [3.8, 4) is 0 Å². The van der Waals surface area contributed by atoms with E-state index in [0.29, 0.717) is 0 Å². The fourth-order valence-corrected chi connectivity index (χ4v) is 1.76. The molecule has 1 aliphatic heterocycles. The molecule has 1 rings (SSSR count). The number of hydrogen-bond donors (Lipinski definition) is 0. The van der Waals surface area contributed by atoms with Crippen molar-refractivity contribution in [2.45, 2.75) is 25.8 Å². The van der Waals surface area contributed by atoms with Gasteiger partial charge in [0.05, 0.1) is 5.33 Å². The number of ketones is 1. The molecular formula is C10H15BrN2O3. The van der Waals surface area contributed by atoms with Crippen LogP contribution < -0.4 is 0 Å². The van der Waals surface area contributed by atoms with Gasteiger partial charge in [0.2, 0.25) is 0 Å². The predicted molar refractivity (Wildman–Crippen MR) is 62.4 cm³/mol. The fraction of sp³-hybridized carbons (Fsp3) is 0.700. The van der Waals surface area contributed by atoms with Crippen LogP contribution in [0.5, 0.6) is 0 Å². The number of carbonyl (C=O) groups excluding carboxylic acids is 3. The van der Waals surface area contributed by atoms with Crippen molar-refractivity contribution in [3.63, 3.8) is 0 Å². The van der Waals surface area contributed by atoms with Crippen LogP contribution in [0.2, 0.25) is 0 Å². The molecule has 1 aliphatic rings. The van der Waals surface area contributed by atoms with Gasteiger partial charge in [-0.1, -0.05) is 15.9 Å². The highest BCUT2D eigenvalue weighted by Gasteiger charge is 2.48. The van der Waals surface area contributed by atoms with Crippen LogP contribution in [-0.4, -0.2) is 52.0 Å². The first-order valence-electron chi connectivity index (χ1n) is 4.99. The molecule has 90 valence electrons. The van der Waals surface area contributed by atoms with Gasteiger partial charge in [-0.25, -0.2) is 4.79 Å². The zero-order valence-corrected chi connectivity index (χ0v) is 11.2. The van der Waals surface area contributed by atoms with E-state index >= 15 is 0 Å². The standard InChI is InChI=1S/C10H15BrN2O3/c1-10(2)8(15)13(9(16)12(10)3)5-4-7(14)6-11/h4-6H2,1-3H3. The van der Waals surface area contributed by atoms with Gasteiger partial charge >= 0.3 is 6.03 Å². The molecule has 0 N–H and O–H groups in total. The molecule has 0 aromatic heterocycles. The first kappa shape index (κ1) is 13.2. The van der Waals surface area contributed by atoms with Crippen LogP contribution in [0.3, 0.4) is 0 Å². The second-order valence-corrected chi connectivity index (χ2v) is 4.84. The van der Waals surface area contributed by atoms with Crippen LogP contribution in [0.1, 0.15) is 20.3 Å². The number of imide groups is 1. The SMILES string of the molecule is CN1C(=O)N(CCC(=O)CBr)C(=O)C1(C)C. The highest BCUT2D eigenvalue weighted by atomic mass is 79.9. The van der Waals surface area contributed by atoms with Crippen LogP contribution in [0, 0.1) is 0 Å². The number of hydrogen-bond acceptors (Lipinski definition) is 3. The molecule has 3 amide bonds. The average molecular weight is 291 g/mol. The van der Waals surface area contributed by atoms with Gasteiger partial charge in [-0.15, -0.1) is 0 Å². The maximum atomic E-state index is 11.9.